The van der Waals surface area contributed by atoms with Crippen LogP contribution in [0, 0.1) is 5.92 Å². The SMILES string of the molecule is CCOC(=O)c1cc(NC2CCCC(C)C2)ccc1N. The second-order valence-electron chi connectivity index (χ2n) is 5.64. The molecule has 0 radical (unpaired) electrons. The minimum Gasteiger partial charge on any atom is -0.462 e. The topological polar surface area (TPSA) is 64.3 Å². The van der Waals surface area contributed by atoms with Crippen molar-refractivity contribution in [2.45, 2.75) is 45.6 Å². The van der Waals surface area contributed by atoms with E-state index in [1.807, 2.05) is 6.07 Å². The van der Waals surface area contributed by atoms with Crippen LogP contribution in [0.4, 0.5) is 11.4 Å². The molecular formula is C16H24N2O2. The fourth-order valence-electron chi connectivity index (χ4n) is 2.83. The zero-order valence-electron chi connectivity index (χ0n) is 12.3. The van der Waals surface area contributed by atoms with Crippen molar-refractivity contribution in [1.82, 2.24) is 0 Å². The zero-order chi connectivity index (χ0) is 14.5. The number of rotatable bonds is 4. The van der Waals surface area contributed by atoms with Crippen LogP contribution >= 0.6 is 0 Å². The molecule has 1 aliphatic rings. The number of ether oxygens (including phenoxy) is 1. The molecule has 1 fully saturated rings. The van der Waals surface area contributed by atoms with Crippen LogP contribution < -0.4 is 11.1 Å². The van der Waals surface area contributed by atoms with E-state index in [0.29, 0.717) is 23.9 Å². The highest BCUT2D eigenvalue weighted by Gasteiger charge is 2.19. The molecule has 4 heteroatoms. The smallest absolute Gasteiger partial charge is 0.340 e. The maximum atomic E-state index is 11.8. The van der Waals surface area contributed by atoms with Crippen LogP contribution in [0.2, 0.25) is 0 Å². The molecule has 0 aliphatic heterocycles. The van der Waals surface area contributed by atoms with Crippen LogP contribution in [0.15, 0.2) is 18.2 Å². The van der Waals surface area contributed by atoms with Gasteiger partial charge in [0.15, 0.2) is 0 Å². The van der Waals surface area contributed by atoms with Crippen molar-refractivity contribution in [2.75, 3.05) is 17.7 Å². The van der Waals surface area contributed by atoms with Gasteiger partial charge in [-0.05, 0) is 43.9 Å². The predicted octanol–water partition coefficient (Wildman–Crippen LogP) is 3.44. The summed E-state index contributed by atoms with van der Waals surface area (Å²) in [5, 5.41) is 3.51. The highest BCUT2D eigenvalue weighted by Crippen LogP contribution is 2.27. The van der Waals surface area contributed by atoms with Gasteiger partial charge in [-0.1, -0.05) is 19.8 Å². The van der Waals surface area contributed by atoms with Gasteiger partial charge in [0, 0.05) is 17.4 Å². The number of carbonyl (C=O) groups is 1. The Labute approximate surface area is 120 Å². The van der Waals surface area contributed by atoms with Crippen molar-refractivity contribution in [3.63, 3.8) is 0 Å². The number of hydrogen-bond donors (Lipinski definition) is 2. The molecule has 0 amide bonds. The summed E-state index contributed by atoms with van der Waals surface area (Å²) in [5.74, 6) is 0.408. The maximum Gasteiger partial charge on any atom is 0.340 e. The van der Waals surface area contributed by atoms with Crippen LogP contribution in [0.1, 0.15) is 49.9 Å². The Bertz CT molecular complexity index is 474. The largest absolute Gasteiger partial charge is 0.462 e. The third kappa shape index (κ3) is 3.65. The lowest BCUT2D eigenvalue weighted by atomic mass is 9.87. The van der Waals surface area contributed by atoms with Gasteiger partial charge in [0.1, 0.15) is 0 Å². The van der Waals surface area contributed by atoms with Gasteiger partial charge in [0.2, 0.25) is 0 Å². The van der Waals surface area contributed by atoms with E-state index >= 15 is 0 Å². The molecule has 4 nitrogen and oxygen atoms in total. The molecule has 0 spiro atoms. The lowest BCUT2D eigenvalue weighted by Crippen LogP contribution is -2.26. The third-order valence-electron chi connectivity index (χ3n) is 3.86. The summed E-state index contributed by atoms with van der Waals surface area (Å²) < 4.78 is 5.02. The standard InChI is InChI=1S/C16H24N2O2/c1-3-20-16(19)14-10-13(7-8-15(14)17)18-12-6-4-5-11(2)9-12/h7-8,10-12,18H,3-6,9,17H2,1-2H3. The minimum atomic E-state index is -0.356. The first-order valence-electron chi connectivity index (χ1n) is 7.43. The monoisotopic (exact) mass is 276 g/mol. The Balaban J connectivity index is 2.08. The highest BCUT2D eigenvalue weighted by atomic mass is 16.5. The lowest BCUT2D eigenvalue weighted by molar-refractivity contribution is 0.0527. The zero-order valence-corrected chi connectivity index (χ0v) is 12.3. The second-order valence-corrected chi connectivity index (χ2v) is 5.64. The number of carbonyl (C=O) groups excluding carboxylic acids is 1. The average Bonchev–Trinajstić information content (AvgIpc) is 2.41. The predicted molar refractivity (Wildman–Crippen MR) is 81.9 cm³/mol. The van der Waals surface area contributed by atoms with Crippen molar-refractivity contribution < 1.29 is 9.53 Å². The first-order chi connectivity index (χ1) is 9.60. The van der Waals surface area contributed by atoms with Crippen molar-refractivity contribution in [3.8, 4) is 0 Å². The molecule has 110 valence electrons. The number of nitrogen functional groups attached to an aromatic ring is 1. The Morgan fingerprint density at radius 2 is 2.25 bits per heavy atom. The van der Waals surface area contributed by atoms with Gasteiger partial charge < -0.3 is 15.8 Å². The van der Waals surface area contributed by atoms with Crippen molar-refractivity contribution in [3.05, 3.63) is 23.8 Å². The first kappa shape index (κ1) is 14.7. The number of nitrogens with one attached hydrogen (secondary N) is 1. The van der Waals surface area contributed by atoms with Gasteiger partial charge in [-0.2, -0.15) is 0 Å². The number of hydrogen-bond acceptors (Lipinski definition) is 4. The summed E-state index contributed by atoms with van der Waals surface area (Å²) in [6.45, 7) is 4.44. The molecule has 2 unspecified atom stereocenters. The van der Waals surface area contributed by atoms with Crippen molar-refractivity contribution in [2.24, 2.45) is 5.92 Å². The van der Waals surface area contributed by atoms with E-state index < -0.39 is 0 Å². The Morgan fingerprint density at radius 1 is 1.45 bits per heavy atom. The maximum absolute atomic E-state index is 11.8. The van der Waals surface area contributed by atoms with E-state index in [1.165, 1.54) is 25.7 Å². The van der Waals surface area contributed by atoms with Crippen LogP contribution in [0.5, 0.6) is 0 Å². The van der Waals surface area contributed by atoms with Crippen LogP contribution in [0.3, 0.4) is 0 Å². The molecule has 1 aromatic carbocycles. The molecule has 20 heavy (non-hydrogen) atoms. The van der Waals surface area contributed by atoms with E-state index in [-0.39, 0.29) is 5.97 Å². The van der Waals surface area contributed by atoms with Crippen molar-refractivity contribution >= 4 is 17.3 Å². The molecule has 0 bridgehead atoms. The number of anilines is 2. The summed E-state index contributed by atoms with van der Waals surface area (Å²) in [7, 11) is 0. The molecule has 0 heterocycles. The fraction of sp³-hybridized carbons (Fsp3) is 0.562. The van der Waals surface area contributed by atoms with E-state index in [9.17, 15) is 4.79 Å². The van der Waals surface area contributed by atoms with E-state index in [2.05, 4.69) is 12.2 Å². The Kier molecular flexibility index (Phi) is 4.88. The summed E-state index contributed by atoms with van der Waals surface area (Å²) in [6, 6.07) is 5.97. The molecule has 2 atom stereocenters. The van der Waals surface area contributed by atoms with Crippen LogP contribution in [-0.4, -0.2) is 18.6 Å². The molecule has 3 N–H and O–H groups in total. The number of esters is 1. The van der Waals surface area contributed by atoms with Gasteiger partial charge in [-0.3, -0.25) is 0 Å². The summed E-state index contributed by atoms with van der Waals surface area (Å²) >= 11 is 0. The normalized spacial score (nSPS) is 22.3. The van der Waals surface area contributed by atoms with Gasteiger partial charge in [0.25, 0.3) is 0 Å². The minimum absolute atomic E-state index is 0.356. The van der Waals surface area contributed by atoms with Gasteiger partial charge >= 0.3 is 5.97 Å². The molecule has 1 aromatic rings. The van der Waals surface area contributed by atoms with E-state index in [1.54, 1.807) is 19.1 Å². The molecule has 1 aliphatic carbocycles. The van der Waals surface area contributed by atoms with Gasteiger partial charge in [-0.15, -0.1) is 0 Å². The average molecular weight is 276 g/mol. The number of benzene rings is 1. The summed E-state index contributed by atoms with van der Waals surface area (Å²) in [6.07, 6.45) is 4.94. The lowest BCUT2D eigenvalue weighted by Gasteiger charge is -2.28. The number of nitrogens with two attached hydrogens (primary N) is 1. The molecule has 0 aromatic heterocycles. The van der Waals surface area contributed by atoms with E-state index in [4.69, 9.17) is 10.5 Å². The first-order valence-corrected chi connectivity index (χ1v) is 7.43. The van der Waals surface area contributed by atoms with Crippen LogP contribution in [-0.2, 0) is 4.74 Å². The summed E-state index contributed by atoms with van der Waals surface area (Å²) in [4.78, 5) is 11.8. The third-order valence-corrected chi connectivity index (χ3v) is 3.86. The van der Waals surface area contributed by atoms with Crippen molar-refractivity contribution in [1.29, 1.82) is 0 Å². The molecule has 0 saturated heterocycles. The summed E-state index contributed by atoms with van der Waals surface area (Å²) in [5.41, 5.74) is 7.70. The second kappa shape index (κ2) is 6.64. The highest BCUT2D eigenvalue weighted by molar-refractivity contribution is 5.96. The fourth-order valence-corrected chi connectivity index (χ4v) is 2.83. The molecule has 1 saturated carbocycles. The quantitative estimate of drug-likeness (QED) is 0.653. The Hall–Kier alpha value is -1.71. The molecular weight excluding hydrogens is 252 g/mol. The van der Waals surface area contributed by atoms with E-state index in [0.717, 1.165) is 11.6 Å². The molecule has 2 rings (SSSR count). The van der Waals surface area contributed by atoms with Gasteiger partial charge in [-0.25, -0.2) is 4.79 Å². The van der Waals surface area contributed by atoms with Crippen LogP contribution in [0.25, 0.3) is 0 Å². The van der Waals surface area contributed by atoms with Gasteiger partial charge in [0.05, 0.1) is 12.2 Å². The Morgan fingerprint density at radius 3 is 2.95 bits per heavy atom.